The van der Waals surface area contributed by atoms with Crippen LogP contribution in [-0.4, -0.2) is 27.5 Å². The van der Waals surface area contributed by atoms with Gasteiger partial charge < -0.3 is 15.7 Å². The van der Waals surface area contributed by atoms with E-state index in [4.69, 9.17) is 0 Å². The van der Waals surface area contributed by atoms with Crippen LogP contribution in [0, 0.1) is 5.82 Å². The largest absolute Gasteiger partial charge is 0.383 e. The number of aryl methyl sites for hydroxylation is 2. The van der Waals surface area contributed by atoms with Crippen molar-refractivity contribution in [2.45, 2.75) is 31.4 Å². The molecule has 24 heavy (non-hydrogen) atoms. The minimum atomic E-state index is -1.22. The fraction of sp³-hybridized carbons (Fsp3) is 0.412. The van der Waals surface area contributed by atoms with Gasteiger partial charge in [-0.05, 0) is 43.0 Å². The summed E-state index contributed by atoms with van der Waals surface area (Å²) in [7, 11) is 1.76. The zero-order valence-corrected chi connectivity index (χ0v) is 13.7. The van der Waals surface area contributed by atoms with Gasteiger partial charge in [0.1, 0.15) is 11.4 Å². The summed E-state index contributed by atoms with van der Waals surface area (Å²) < 4.78 is 15.0. The van der Waals surface area contributed by atoms with Crippen LogP contribution in [0.1, 0.15) is 36.1 Å². The SMILES string of the molecule is Cn1cc([C@](C)(O)CNC(=O)N[C@H]2CCc3ccc(F)cc32)cn1. The van der Waals surface area contributed by atoms with Crippen LogP contribution in [0.15, 0.2) is 30.6 Å². The Hall–Kier alpha value is -2.41. The van der Waals surface area contributed by atoms with Gasteiger partial charge in [-0.1, -0.05) is 6.07 Å². The van der Waals surface area contributed by atoms with E-state index in [1.54, 1.807) is 37.1 Å². The van der Waals surface area contributed by atoms with Crippen LogP contribution >= 0.6 is 0 Å². The van der Waals surface area contributed by atoms with Crippen LogP contribution in [0.4, 0.5) is 9.18 Å². The molecule has 2 amide bonds. The van der Waals surface area contributed by atoms with Crippen LogP contribution in [0.2, 0.25) is 0 Å². The van der Waals surface area contributed by atoms with E-state index in [2.05, 4.69) is 15.7 Å². The van der Waals surface area contributed by atoms with Gasteiger partial charge >= 0.3 is 6.03 Å². The van der Waals surface area contributed by atoms with Gasteiger partial charge in [0, 0.05) is 18.8 Å². The standard InChI is InChI=1S/C17H21FN4O2/c1-17(24,12-8-20-22(2)9-12)10-19-16(23)21-15-6-4-11-3-5-13(18)7-14(11)15/h3,5,7-9,15,24H,4,6,10H2,1-2H3,(H2,19,21,23)/t15-,17+/m0/s1. The normalized spacial score (nSPS) is 18.8. The Labute approximate surface area is 139 Å². The first-order valence-electron chi connectivity index (χ1n) is 7.89. The van der Waals surface area contributed by atoms with Crippen LogP contribution in [0.25, 0.3) is 0 Å². The first-order valence-corrected chi connectivity index (χ1v) is 7.89. The van der Waals surface area contributed by atoms with Gasteiger partial charge in [0.15, 0.2) is 0 Å². The van der Waals surface area contributed by atoms with Crippen molar-refractivity contribution >= 4 is 6.03 Å². The van der Waals surface area contributed by atoms with E-state index in [0.717, 1.165) is 24.0 Å². The number of halogens is 1. The van der Waals surface area contributed by atoms with Gasteiger partial charge in [-0.25, -0.2) is 9.18 Å². The van der Waals surface area contributed by atoms with Crippen molar-refractivity contribution in [3.63, 3.8) is 0 Å². The van der Waals surface area contributed by atoms with Crippen LogP contribution in [0.5, 0.6) is 0 Å². The van der Waals surface area contributed by atoms with Crippen molar-refractivity contribution in [2.75, 3.05) is 6.54 Å². The molecule has 1 aromatic heterocycles. The summed E-state index contributed by atoms with van der Waals surface area (Å²) in [6.07, 6.45) is 4.82. The van der Waals surface area contributed by atoms with E-state index in [1.165, 1.54) is 12.1 Å². The molecule has 0 saturated heterocycles. The summed E-state index contributed by atoms with van der Waals surface area (Å²) >= 11 is 0. The van der Waals surface area contributed by atoms with Crippen LogP contribution in [0.3, 0.4) is 0 Å². The molecule has 2 atom stereocenters. The minimum Gasteiger partial charge on any atom is -0.383 e. The molecule has 0 aliphatic heterocycles. The van der Waals surface area contributed by atoms with E-state index in [9.17, 15) is 14.3 Å². The number of amides is 2. The van der Waals surface area contributed by atoms with Crippen LogP contribution < -0.4 is 10.6 Å². The Balaban J connectivity index is 1.58. The predicted octanol–water partition coefficient (Wildman–Crippen LogP) is 1.75. The lowest BCUT2D eigenvalue weighted by molar-refractivity contribution is 0.0592. The highest BCUT2D eigenvalue weighted by molar-refractivity contribution is 5.74. The van der Waals surface area contributed by atoms with Crippen molar-refractivity contribution in [1.82, 2.24) is 20.4 Å². The molecule has 0 saturated carbocycles. The monoisotopic (exact) mass is 332 g/mol. The molecule has 1 aromatic carbocycles. The zero-order chi connectivity index (χ0) is 17.3. The summed E-state index contributed by atoms with van der Waals surface area (Å²) in [4.78, 5) is 12.1. The fourth-order valence-corrected chi connectivity index (χ4v) is 2.99. The number of aliphatic hydroxyl groups is 1. The number of nitrogens with zero attached hydrogens (tertiary/aromatic N) is 2. The van der Waals surface area contributed by atoms with Gasteiger partial charge in [-0.3, -0.25) is 4.68 Å². The number of hydrogen-bond donors (Lipinski definition) is 3. The van der Waals surface area contributed by atoms with Gasteiger partial charge in [0.25, 0.3) is 0 Å². The molecule has 3 rings (SSSR count). The van der Waals surface area contributed by atoms with Gasteiger partial charge in [-0.2, -0.15) is 5.10 Å². The summed E-state index contributed by atoms with van der Waals surface area (Å²) in [6, 6.07) is 4.07. The number of fused-ring (bicyclic) bond motifs is 1. The lowest BCUT2D eigenvalue weighted by Gasteiger charge is -2.23. The number of nitrogens with one attached hydrogen (secondary N) is 2. The van der Waals surface area contributed by atoms with Crippen molar-refractivity contribution in [3.05, 3.63) is 53.1 Å². The molecule has 1 aliphatic rings. The molecule has 1 aliphatic carbocycles. The average molecular weight is 332 g/mol. The number of hydrogen-bond acceptors (Lipinski definition) is 3. The van der Waals surface area contributed by atoms with Gasteiger partial charge in [0.05, 0.1) is 18.8 Å². The Morgan fingerprint density at radius 3 is 3.04 bits per heavy atom. The first-order chi connectivity index (χ1) is 11.3. The molecule has 0 fully saturated rings. The molecular formula is C17H21FN4O2. The highest BCUT2D eigenvalue weighted by atomic mass is 19.1. The summed E-state index contributed by atoms with van der Waals surface area (Å²) in [5.74, 6) is -0.303. The van der Waals surface area contributed by atoms with E-state index >= 15 is 0 Å². The third-order valence-electron chi connectivity index (χ3n) is 4.41. The second-order valence-corrected chi connectivity index (χ2v) is 6.44. The highest BCUT2D eigenvalue weighted by Gasteiger charge is 2.27. The van der Waals surface area contributed by atoms with Crippen molar-refractivity contribution in [1.29, 1.82) is 0 Å². The number of rotatable bonds is 4. The Morgan fingerprint density at radius 2 is 2.33 bits per heavy atom. The smallest absolute Gasteiger partial charge is 0.315 e. The molecular weight excluding hydrogens is 311 g/mol. The molecule has 1 heterocycles. The minimum absolute atomic E-state index is 0.0489. The topological polar surface area (TPSA) is 79.2 Å². The lowest BCUT2D eigenvalue weighted by atomic mass is 10.00. The molecule has 0 unspecified atom stereocenters. The first kappa shape index (κ1) is 16.4. The fourth-order valence-electron chi connectivity index (χ4n) is 2.99. The maximum Gasteiger partial charge on any atom is 0.315 e. The van der Waals surface area contributed by atoms with E-state index in [0.29, 0.717) is 5.56 Å². The molecule has 7 heteroatoms. The summed E-state index contributed by atoms with van der Waals surface area (Å²) in [6.45, 7) is 1.66. The Kier molecular flexibility index (Phi) is 4.28. The molecule has 0 bridgehead atoms. The number of aromatic nitrogens is 2. The highest BCUT2D eigenvalue weighted by Crippen LogP contribution is 2.31. The second-order valence-electron chi connectivity index (χ2n) is 6.44. The molecule has 6 nitrogen and oxygen atoms in total. The molecule has 0 radical (unpaired) electrons. The lowest BCUT2D eigenvalue weighted by Crippen LogP contribution is -2.44. The van der Waals surface area contributed by atoms with E-state index < -0.39 is 5.60 Å². The van der Waals surface area contributed by atoms with Crippen molar-refractivity contribution < 1.29 is 14.3 Å². The molecule has 0 spiro atoms. The predicted molar refractivity (Wildman–Crippen MR) is 86.8 cm³/mol. The summed E-state index contributed by atoms with van der Waals surface area (Å²) in [5.41, 5.74) is 1.29. The summed E-state index contributed by atoms with van der Waals surface area (Å²) in [5, 5.41) is 20.0. The maximum absolute atomic E-state index is 13.4. The van der Waals surface area contributed by atoms with Gasteiger partial charge in [0.2, 0.25) is 0 Å². The Morgan fingerprint density at radius 1 is 1.54 bits per heavy atom. The van der Waals surface area contributed by atoms with Crippen molar-refractivity contribution in [3.8, 4) is 0 Å². The Bertz CT molecular complexity index is 757. The quantitative estimate of drug-likeness (QED) is 0.798. The zero-order valence-electron chi connectivity index (χ0n) is 13.7. The maximum atomic E-state index is 13.4. The van der Waals surface area contributed by atoms with E-state index in [1.807, 2.05) is 0 Å². The number of carbonyl (C=O) groups is 1. The average Bonchev–Trinajstić information content (AvgIpc) is 3.13. The molecule has 3 N–H and O–H groups in total. The third-order valence-corrected chi connectivity index (χ3v) is 4.41. The third kappa shape index (κ3) is 3.41. The van der Waals surface area contributed by atoms with Gasteiger partial charge in [-0.15, -0.1) is 0 Å². The molecule has 2 aromatic rings. The van der Waals surface area contributed by atoms with Crippen molar-refractivity contribution in [2.24, 2.45) is 7.05 Å². The van der Waals surface area contributed by atoms with E-state index in [-0.39, 0.29) is 24.4 Å². The number of benzene rings is 1. The number of urea groups is 1. The molecule has 128 valence electrons. The van der Waals surface area contributed by atoms with Crippen LogP contribution in [-0.2, 0) is 19.1 Å². The number of carbonyl (C=O) groups excluding carboxylic acids is 1. The second kappa shape index (κ2) is 6.24.